The van der Waals surface area contributed by atoms with E-state index in [9.17, 15) is 8.42 Å². The molecule has 0 radical (unpaired) electrons. The number of aryl methyl sites for hydroxylation is 1. The first kappa shape index (κ1) is 15.1. The molecule has 20 heavy (non-hydrogen) atoms. The fraction of sp³-hybridized carbons (Fsp3) is 0.231. The maximum Gasteiger partial charge on any atom is 0.245 e. The van der Waals surface area contributed by atoms with Crippen LogP contribution in [0.5, 0.6) is 0 Å². The summed E-state index contributed by atoms with van der Waals surface area (Å²) in [5, 5.41) is 0. The van der Waals surface area contributed by atoms with Crippen LogP contribution in [-0.4, -0.2) is 19.8 Å². The summed E-state index contributed by atoms with van der Waals surface area (Å²) in [5.74, 6) is 1.33. The van der Waals surface area contributed by atoms with E-state index in [1.54, 1.807) is 24.3 Å². The molecule has 2 rings (SSSR count). The highest BCUT2D eigenvalue weighted by Crippen LogP contribution is 2.26. The second kappa shape index (κ2) is 5.59. The summed E-state index contributed by atoms with van der Waals surface area (Å²) >= 11 is 3.25. The molecule has 0 spiro atoms. The molecule has 0 atom stereocenters. The van der Waals surface area contributed by atoms with Gasteiger partial charge in [0.15, 0.2) is 0 Å². The van der Waals surface area contributed by atoms with Crippen molar-refractivity contribution in [3.63, 3.8) is 0 Å². The van der Waals surface area contributed by atoms with Crippen molar-refractivity contribution in [1.29, 1.82) is 0 Å². The number of benzene rings is 1. The van der Waals surface area contributed by atoms with E-state index in [0.717, 1.165) is 10.2 Å². The molecule has 0 bridgehead atoms. The van der Waals surface area contributed by atoms with Crippen LogP contribution in [0.4, 0.5) is 5.69 Å². The standard InChI is InChI=1S/C13H15BrN2O3S/c1-9-3-5-11(19-9)8-16(2)20(17,18)13-6-4-10(14)7-12(13)15/h3-7H,8,15H2,1-2H3. The van der Waals surface area contributed by atoms with Gasteiger partial charge in [-0.25, -0.2) is 8.42 Å². The third-order valence-electron chi connectivity index (χ3n) is 2.83. The SMILES string of the molecule is Cc1ccc(CN(C)S(=O)(=O)c2ccc(Br)cc2N)o1. The van der Waals surface area contributed by atoms with Gasteiger partial charge in [-0.2, -0.15) is 4.31 Å². The molecule has 0 aliphatic heterocycles. The van der Waals surface area contributed by atoms with Gasteiger partial charge < -0.3 is 10.2 Å². The molecule has 1 aromatic carbocycles. The molecule has 0 unspecified atom stereocenters. The maximum absolute atomic E-state index is 12.5. The van der Waals surface area contributed by atoms with Crippen LogP contribution < -0.4 is 5.73 Å². The van der Waals surface area contributed by atoms with Crippen LogP contribution in [0.2, 0.25) is 0 Å². The Bertz CT molecular complexity index is 725. The number of nitrogen functional groups attached to an aromatic ring is 1. The lowest BCUT2D eigenvalue weighted by Gasteiger charge is -2.17. The normalized spacial score (nSPS) is 12.0. The van der Waals surface area contributed by atoms with Gasteiger partial charge in [-0.1, -0.05) is 15.9 Å². The lowest BCUT2D eigenvalue weighted by molar-refractivity contribution is 0.397. The van der Waals surface area contributed by atoms with Crippen LogP contribution in [0, 0.1) is 6.92 Å². The summed E-state index contributed by atoms with van der Waals surface area (Å²) in [5.41, 5.74) is 5.99. The maximum atomic E-state index is 12.5. The van der Waals surface area contributed by atoms with Gasteiger partial charge in [0, 0.05) is 11.5 Å². The Kier molecular flexibility index (Phi) is 4.22. The van der Waals surface area contributed by atoms with Gasteiger partial charge in [0.05, 0.1) is 12.2 Å². The molecular weight excluding hydrogens is 344 g/mol. The summed E-state index contributed by atoms with van der Waals surface area (Å²) in [6, 6.07) is 8.25. The summed E-state index contributed by atoms with van der Waals surface area (Å²) in [6.45, 7) is 1.97. The number of furan rings is 1. The number of hydrogen-bond acceptors (Lipinski definition) is 4. The van der Waals surface area contributed by atoms with Crippen LogP contribution in [-0.2, 0) is 16.6 Å². The van der Waals surface area contributed by atoms with Crippen molar-refractivity contribution in [3.05, 3.63) is 46.3 Å². The second-order valence-electron chi connectivity index (χ2n) is 4.46. The van der Waals surface area contributed by atoms with Crippen molar-refractivity contribution in [2.75, 3.05) is 12.8 Å². The van der Waals surface area contributed by atoms with Gasteiger partial charge in [0.25, 0.3) is 0 Å². The van der Waals surface area contributed by atoms with Crippen LogP contribution in [0.25, 0.3) is 0 Å². The first-order valence-corrected chi connectivity index (χ1v) is 8.10. The zero-order chi connectivity index (χ0) is 14.9. The van der Waals surface area contributed by atoms with Crippen LogP contribution in [0.3, 0.4) is 0 Å². The van der Waals surface area contributed by atoms with Gasteiger partial charge >= 0.3 is 0 Å². The molecule has 108 valence electrons. The minimum absolute atomic E-state index is 0.0893. The van der Waals surface area contributed by atoms with E-state index in [1.165, 1.54) is 17.4 Å². The van der Waals surface area contributed by atoms with Gasteiger partial charge in [-0.05, 0) is 37.3 Å². The fourth-order valence-corrected chi connectivity index (χ4v) is 3.41. The van der Waals surface area contributed by atoms with E-state index in [4.69, 9.17) is 10.2 Å². The Morgan fingerprint density at radius 1 is 1.30 bits per heavy atom. The molecule has 0 aliphatic rings. The summed E-state index contributed by atoms with van der Waals surface area (Å²) < 4.78 is 32.3. The number of rotatable bonds is 4. The Labute approximate surface area is 126 Å². The van der Waals surface area contributed by atoms with E-state index in [-0.39, 0.29) is 17.1 Å². The fourth-order valence-electron chi connectivity index (χ4n) is 1.80. The third kappa shape index (κ3) is 3.05. The van der Waals surface area contributed by atoms with Crippen molar-refractivity contribution in [3.8, 4) is 0 Å². The van der Waals surface area contributed by atoms with Crippen LogP contribution >= 0.6 is 15.9 Å². The zero-order valence-electron chi connectivity index (χ0n) is 11.1. The molecule has 1 aromatic heterocycles. The van der Waals surface area contributed by atoms with Gasteiger partial charge in [-0.15, -0.1) is 0 Å². The Balaban J connectivity index is 2.29. The molecule has 2 N–H and O–H groups in total. The van der Waals surface area contributed by atoms with E-state index in [2.05, 4.69) is 15.9 Å². The van der Waals surface area contributed by atoms with Crippen molar-refractivity contribution in [2.45, 2.75) is 18.4 Å². The Morgan fingerprint density at radius 3 is 2.55 bits per heavy atom. The van der Waals surface area contributed by atoms with Crippen molar-refractivity contribution in [1.82, 2.24) is 4.31 Å². The average Bonchev–Trinajstić information content (AvgIpc) is 2.74. The van der Waals surface area contributed by atoms with Crippen LogP contribution in [0.1, 0.15) is 11.5 Å². The molecule has 7 heteroatoms. The zero-order valence-corrected chi connectivity index (χ0v) is 13.5. The minimum Gasteiger partial charge on any atom is -0.465 e. The quantitative estimate of drug-likeness (QED) is 0.852. The highest BCUT2D eigenvalue weighted by molar-refractivity contribution is 9.10. The lowest BCUT2D eigenvalue weighted by Crippen LogP contribution is -2.27. The Morgan fingerprint density at radius 2 is 2.00 bits per heavy atom. The minimum atomic E-state index is -3.65. The molecule has 0 saturated heterocycles. The predicted molar refractivity (Wildman–Crippen MR) is 80.7 cm³/mol. The summed E-state index contributed by atoms with van der Waals surface area (Å²) in [4.78, 5) is 0.0893. The topological polar surface area (TPSA) is 76.5 Å². The lowest BCUT2D eigenvalue weighted by atomic mass is 10.3. The molecule has 0 fully saturated rings. The van der Waals surface area contributed by atoms with Gasteiger partial charge in [-0.3, -0.25) is 0 Å². The summed E-state index contributed by atoms with van der Waals surface area (Å²) in [6.07, 6.45) is 0. The number of nitrogens with two attached hydrogens (primary N) is 1. The van der Waals surface area contributed by atoms with E-state index >= 15 is 0 Å². The second-order valence-corrected chi connectivity index (χ2v) is 7.38. The number of nitrogens with zero attached hydrogens (tertiary/aromatic N) is 1. The highest BCUT2D eigenvalue weighted by Gasteiger charge is 2.24. The number of halogens is 1. The van der Waals surface area contributed by atoms with E-state index < -0.39 is 10.0 Å². The molecular formula is C13H15BrN2O3S. The number of anilines is 1. The number of sulfonamides is 1. The smallest absolute Gasteiger partial charge is 0.245 e. The molecule has 0 amide bonds. The summed E-state index contributed by atoms with van der Waals surface area (Å²) in [7, 11) is -2.15. The molecule has 0 saturated carbocycles. The van der Waals surface area contributed by atoms with Gasteiger partial charge in [0.2, 0.25) is 10.0 Å². The monoisotopic (exact) mass is 358 g/mol. The first-order valence-electron chi connectivity index (χ1n) is 5.87. The Hall–Kier alpha value is -1.31. The third-order valence-corrected chi connectivity index (χ3v) is 5.21. The van der Waals surface area contributed by atoms with Crippen molar-refractivity contribution in [2.24, 2.45) is 0 Å². The van der Waals surface area contributed by atoms with Crippen molar-refractivity contribution >= 4 is 31.6 Å². The number of hydrogen-bond donors (Lipinski definition) is 1. The van der Waals surface area contributed by atoms with E-state index in [1.807, 2.05) is 6.92 Å². The highest BCUT2D eigenvalue weighted by atomic mass is 79.9. The van der Waals surface area contributed by atoms with Crippen molar-refractivity contribution < 1.29 is 12.8 Å². The first-order chi connectivity index (χ1) is 9.30. The van der Waals surface area contributed by atoms with Gasteiger partial charge in [0.1, 0.15) is 16.4 Å². The van der Waals surface area contributed by atoms with E-state index in [0.29, 0.717) is 5.76 Å². The van der Waals surface area contributed by atoms with Crippen LogP contribution in [0.15, 0.2) is 44.1 Å². The molecule has 1 heterocycles. The average molecular weight is 359 g/mol. The molecule has 2 aromatic rings. The predicted octanol–water partition coefficient (Wildman–Crippen LogP) is 2.75. The molecule has 5 nitrogen and oxygen atoms in total. The molecule has 0 aliphatic carbocycles. The largest absolute Gasteiger partial charge is 0.465 e.